The summed E-state index contributed by atoms with van der Waals surface area (Å²) in [7, 11) is 1.63. The van der Waals surface area contributed by atoms with Gasteiger partial charge in [-0.25, -0.2) is 0 Å². The highest BCUT2D eigenvalue weighted by atomic mass is 16.5. The maximum Gasteiger partial charge on any atom is 0.113 e. The van der Waals surface area contributed by atoms with Crippen LogP contribution in [0.3, 0.4) is 0 Å². The topological polar surface area (TPSA) is 29.5 Å². The summed E-state index contributed by atoms with van der Waals surface area (Å²) < 4.78 is 5.11. The smallest absolute Gasteiger partial charge is 0.113 e. The van der Waals surface area contributed by atoms with Gasteiger partial charge in [-0.15, -0.1) is 0 Å². The van der Waals surface area contributed by atoms with Gasteiger partial charge < -0.3 is 9.84 Å². The van der Waals surface area contributed by atoms with E-state index in [9.17, 15) is 5.11 Å². The zero-order valence-corrected chi connectivity index (χ0v) is 10.8. The monoisotopic (exact) mass is 234 g/mol. The summed E-state index contributed by atoms with van der Waals surface area (Å²) in [5.74, 6) is 0.751. The number of aliphatic hydroxyl groups is 1. The maximum atomic E-state index is 10.5. The van der Waals surface area contributed by atoms with Crippen molar-refractivity contribution in [3.63, 3.8) is 0 Å². The summed E-state index contributed by atoms with van der Waals surface area (Å²) in [5, 5.41) is 10.5. The Bertz CT molecular complexity index is 354. The second-order valence-corrected chi connectivity index (χ2v) is 5.07. The summed E-state index contributed by atoms with van der Waals surface area (Å²) in [6.07, 6.45) is 4.66. The Morgan fingerprint density at radius 1 is 1.29 bits per heavy atom. The highest BCUT2D eigenvalue weighted by Crippen LogP contribution is 2.37. The minimum atomic E-state index is -0.840. The van der Waals surface area contributed by atoms with Crippen molar-refractivity contribution in [2.75, 3.05) is 13.7 Å². The van der Waals surface area contributed by atoms with Crippen LogP contribution in [0, 0.1) is 0 Å². The molecule has 1 saturated carbocycles. The number of hydrogen-bond acceptors (Lipinski definition) is 2. The molecule has 0 amide bonds. The molecule has 1 aromatic rings. The SMILES string of the molecule is CCC(O)(COC)c1ccc(C2CCC2)cc1. The molecule has 1 fully saturated rings. The van der Waals surface area contributed by atoms with E-state index >= 15 is 0 Å². The molecular formula is C15H22O2. The Morgan fingerprint density at radius 2 is 1.94 bits per heavy atom. The molecule has 0 radical (unpaired) electrons. The van der Waals surface area contributed by atoms with Crippen LogP contribution in [0.15, 0.2) is 24.3 Å². The summed E-state index contributed by atoms with van der Waals surface area (Å²) >= 11 is 0. The summed E-state index contributed by atoms with van der Waals surface area (Å²) in [4.78, 5) is 0. The van der Waals surface area contributed by atoms with Gasteiger partial charge in [-0.1, -0.05) is 37.6 Å². The summed E-state index contributed by atoms with van der Waals surface area (Å²) in [5.41, 5.74) is 1.54. The molecule has 2 nitrogen and oxygen atoms in total. The van der Waals surface area contributed by atoms with E-state index in [0.717, 1.165) is 11.5 Å². The van der Waals surface area contributed by atoms with Gasteiger partial charge >= 0.3 is 0 Å². The Balaban J connectivity index is 2.15. The van der Waals surface area contributed by atoms with Crippen molar-refractivity contribution in [3.05, 3.63) is 35.4 Å². The second kappa shape index (κ2) is 5.19. The van der Waals surface area contributed by atoms with E-state index in [-0.39, 0.29) is 0 Å². The number of benzene rings is 1. The van der Waals surface area contributed by atoms with Crippen LogP contribution in [0.25, 0.3) is 0 Å². The molecule has 1 atom stereocenters. The lowest BCUT2D eigenvalue weighted by Gasteiger charge is -2.29. The first-order chi connectivity index (χ1) is 8.19. The zero-order valence-electron chi connectivity index (χ0n) is 10.8. The lowest BCUT2D eigenvalue weighted by Crippen LogP contribution is -2.30. The van der Waals surface area contributed by atoms with Gasteiger partial charge in [-0.05, 0) is 36.3 Å². The van der Waals surface area contributed by atoms with Gasteiger partial charge in [0.2, 0.25) is 0 Å². The second-order valence-electron chi connectivity index (χ2n) is 5.07. The quantitative estimate of drug-likeness (QED) is 0.847. The summed E-state index contributed by atoms with van der Waals surface area (Å²) in [6.45, 7) is 2.34. The fourth-order valence-corrected chi connectivity index (χ4v) is 2.44. The molecule has 0 aliphatic heterocycles. The fourth-order valence-electron chi connectivity index (χ4n) is 2.44. The minimum absolute atomic E-state index is 0.353. The molecule has 94 valence electrons. The van der Waals surface area contributed by atoms with E-state index in [1.54, 1.807) is 7.11 Å². The molecule has 0 bridgehead atoms. The predicted octanol–water partition coefficient (Wildman–Crippen LogP) is 3.20. The molecule has 1 aliphatic carbocycles. The van der Waals surface area contributed by atoms with Gasteiger partial charge in [0.05, 0.1) is 6.61 Å². The lowest BCUT2D eigenvalue weighted by atomic mass is 9.79. The summed E-state index contributed by atoms with van der Waals surface area (Å²) in [6, 6.07) is 8.43. The first kappa shape index (κ1) is 12.6. The minimum Gasteiger partial charge on any atom is -0.383 e. The van der Waals surface area contributed by atoms with Crippen LogP contribution >= 0.6 is 0 Å². The molecule has 17 heavy (non-hydrogen) atoms. The molecule has 0 saturated heterocycles. The van der Waals surface area contributed by atoms with E-state index in [1.807, 2.05) is 6.92 Å². The Labute approximate surface area is 104 Å². The lowest BCUT2D eigenvalue weighted by molar-refractivity contribution is -0.0386. The first-order valence-corrected chi connectivity index (χ1v) is 6.51. The molecule has 2 rings (SSSR count). The van der Waals surface area contributed by atoms with Crippen molar-refractivity contribution in [2.45, 2.75) is 44.1 Å². The average Bonchev–Trinajstić information content (AvgIpc) is 2.28. The Hall–Kier alpha value is -0.860. The van der Waals surface area contributed by atoms with Gasteiger partial charge in [0.15, 0.2) is 0 Å². The molecular weight excluding hydrogens is 212 g/mol. The van der Waals surface area contributed by atoms with Crippen molar-refractivity contribution in [1.29, 1.82) is 0 Å². The van der Waals surface area contributed by atoms with Crippen LogP contribution in [-0.4, -0.2) is 18.8 Å². The van der Waals surface area contributed by atoms with Gasteiger partial charge in [0, 0.05) is 7.11 Å². The fraction of sp³-hybridized carbons (Fsp3) is 0.600. The van der Waals surface area contributed by atoms with Crippen molar-refractivity contribution in [3.8, 4) is 0 Å². The third-order valence-electron chi connectivity index (χ3n) is 3.99. The van der Waals surface area contributed by atoms with Crippen LogP contribution < -0.4 is 0 Å². The van der Waals surface area contributed by atoms with E-state index in [2.05, 4.69) is 24.3 Å². The van der Waals surface area contributed by atoms with Crippen LogP contribution in [0.5, 0.6) is 0 Å². The number of rotatable bonds is 5. The van der Waals surface area contributed by atoms with Crippen LogP contribution in [0.2, 0.25) is 0 Å². The standard InChI is InChI=1S/C15H22O2/c1-3-15(16,11-17-2)14-9-7-13(8-10-14)12-5-4-6-12/h7-10,12,16H,3-6,11H2,1-2H3. The third-order valence-corrected chi connectivity index (χ3v) is 3.99. The Morgan fingerprint density at radius 3 is 2.35 bits per heavy atom. The maximum absolute atomic E-state index is 10.5. The molecule has 0 spiro atoms. The van der Waals surface area contributed by atoms with Crippen molar-refractivity contribution in [1.82, 2.24) is 0 Å². The third kappa shape index (κ3) is 2.53. The zero-order chi connectivity index (χ0) is 12.3. The normalized spacial score (nSPS) is 19.7. The molecule has 1 aromatic carbocycles. The molecule has 1 N–H and O–H groups in total. The van der Waals surface area contributed by atoms with Crippen LogP contribution in [0.1, 0.15) is 49.7 Å². The van der Waals surface area contributed by atoms with Crippen LogP contribution in [-0.2, 0) is 10.3 Å². The highest BCUT2D eigenvalue weighted by molar-refractivity contribution is 5.30. The van der Waals surface area contributed by atoms with Gasteiger partial charge in [-0.3, -0.25) is 0 Å². The number of methoxy groups -OCH3 is 1. The van der Waals surface area contributed by atoms with Gasteiger partial charge in [0.25, 0.3) is 0 Å². The van der Waals surface area contributed by atoms with Gasteiger partial charge in [0.1, 0.15) is 5.60 Å². The van der Waals surface area contributed by atoms with Crippen molar-refractivity contribution < 1.29 is 9.84 Å². The van der Waals surface area contributed by atoms with E-state index in [4.69, 9.17) is 4.74 Å². The highest BCUT2D eigenvalue weighted by Gasteiger charge is 2.27. The molecule has 0 aromatic heterocycles. The predicted molar refractivity (Wildman–Crippen MR) is 69.1 cm³/mol. The van der Waals surface area contributed by atoms with Crippen LogP contribution in [0.4, 0.5) is 0 Å². The van der Waals surface area contributed by atoms with Gasteiger partial charge in [-0.2, -0.15) is 0 Å². The molecule has 1 aliphatic rings. The number of ether oxygens (including phenoxy) is 1. The van der Waals surface area contributed by atoms with E-state index in [0.29, 0.717) is 13.0 Å². The van der Waals surface area contributed by atoms with Crippen molar-refractivity contribution >= 4 is 0 Å². The number of hydrogen-bond donors (Lipinski definition) is 1. The largest absolute Gasteiger partial charge is 0.383 e. The van der Waals surface area contributed by atoms with E-state index in [1.165, 1.54) is 24.8 Å². The van der Waals surface area contributed by atoms with Crippen molar-refractivity contribution in [2.24, 2.45) is 0 Å². The Kier molecular flexibility index (Phi) is 3.85. The molecule has 0 heterocycles. The van der Waals surface area contributed by atoms with E-state index < -0.39 is 5.60 Å². The molecule has 1 unspecified atom stereocenters. The first-order valence-electron chi connectivity index (χ1n) is 6.51. The average molecular weight is 234 g/mol. The molecule has 2 heteroatoms.